The molecule has 3 atom stereocenters. The number of ether oxygens (including phenoxy) is 1. The summed E-state index contributed by atoms with van der Waals surface area (Å²) in [7, 11) is 0. The molecule has 158 valence electrons. The molecule has 0 spiro atoms. The van der Waals surface area contributed by atoms with Gasteiger partial charge in [0.15, 0.2) is 0 Å². The molecule has 27 heavy (non-hydrogen) atoms. The fourth-order valence-electron chi connectivity index (χ4n) is 4.15. The van der Waals surface area contributed by atoms with Crippen LogP contribution in [0.25, 0.3) is 0 Å². The van der Waals surface area contributed by atoms with E-state index in [1.807, 2.05) is 6.92 Å². The van der Waals surface area contributed by atoms with Crippen molar-refractivity contribution in [2.24, 2.45) is 11.8 Å². The third-order valence-corrected chi connectivity index (χ3v) is 5.92. The molecule has 1 saturated carbocycles. The van der Waals surface area contributed by atoms with E-state index in [9.17, 15) is 14.7 Å². The molecule has 0 bridgehead atoms. The molecule has 1 N–H and O–H groups in total. The largest absolute Gasteiger partial charge is 0.481 e. The van der Waals surface area contributed by atoms with E-state index in [2.05, 4.69) is 6.92 Å². The Hall–Kier alpha value is -1.06. The quantitative estimate of drug-likeness (QED) is 0.259. The Morgan fingerprint density at radius 1 is 0.852 bits per heavy atom. The number of carbonyl (C=O) groups excluding carboxylic acids is 1. The summed E-state index contributed by atoms with van der Waals surface area (Å²) >= 11 is 0. The van der Waals surface area contributed by atoms with E-state index < -0.39 is 17.8 Å². The van der Waals surface area contributed by atoms with Gasteiger partial charge in [-0.3, -0.25) is 9.59 Å². The SMILES string of the molecule is CCCCCCCCCCCCCC(C)OC(=O)C1CCCCC1C(=O)O. The zero-order valence-corrected chi connectivity index (χ0v) is 17.7. The number of hydrogen-bond donors (Lipinski definition) is 1. The molecule has 0 radical (unpaired) electrons. The molecule has 1 rings (SSSR count). The first-order chi connectivity index (χ1) is 13.1. The fourth-order valence-corrected chi connectivity index (χ4v) is 4.15. The molecular formula is C23H42O4. The van der Waals surface area contributed by atoms with E-state index in [0.717, 1.165) is 25.7 Å². The first-order valence-electron chi connectivity index (χ1n) is 11.5. The molecule has 1 aliphatic carbocycles. The average molecular weight is 383 g/mol. The molecule has 1 fully saturated rings. The lowest BCUT2D eigenvalue weighted by atomic mass is 9.79. The van der Waals surface area contributed by atoms with Crippen LogP contribution in [0.1, 0.15) is 117 Å². The van der Waals surface area contributed by atoms with Gasteiger partial charge in [0, 0.05) is 0 Å². The van der Waals surface area contributed by atoms with Crippen molar-refractivity contribution in [2.75, 3.05) is 0 Å². The van der Waals surface area contributed by atoms with Crippen LogP contribution in [0.15, 0.2) is 0 Å². The van der Waals surface area contributed by atoms with Crippen molar-refractivity contribution >= 4 is 11.9 Å². The van der Waals surface area contributed by atoms with Crippen molar-refractivity contribution in [1.29, 1.82) is 0 Å². The predicted octanol–water partition coefficient (Wildman–Crippen LogP) is 6.51. The topological polar surface area (TPSA) is 63.6 Å². The van der Waals surface area contributed by atoms with Crippen molar-refractivity contribution < 1.29 is 19.4 Å². The minimum absolute atomic E-state index is 0.104. The minimum Gasteiger partial charge on any atom is -0.481 e. The lowest BCUT2D eigenvalue weighted by Gasteiger charge is -2.28. The molecule has 0 heterocycles. The predicted molar refractivity (Wildman–Crippen MR) is 110 cm³/mol. The molecule has 0 aromatic carbocycles. The number of rotatable bonds is 15. The molecule has 0 aromatic heterocycles. The number of carbonyl (C=O) groups is 2. The van der Waals surface area contributed by atoms with Crippen molar-refractivity contribution in [3.05, 3.63) is 0 Å². The van der Waals surface area contributed by atoms with Gasteiger partial charge in [0.05, 0.1) is 17.9 Å². The Labute approximate surface area is 166 Å². The molecule has 3 unspecified atom stereocenters. The van der Waals surface area contributed by atoms with Crippen LogP contribution >= 0.6 is 0 Å². The zero-order chi connectivity index (χ0) is 19.9. The van der Waals surface area contributed by atoms with Crippen LogP contribution in [0, 0.1) is 11.8 Å². The van der Waals surface area contributed by atoms with Crippen molar-refractivity contribution in [2.45, 2.75) is 123 Å². The van der Waals surface area contributed by atoms with Gasteiger partial charge in [-0.15, -0.1) is 0 Å². The van der Waals surface area contributed by atoms with Gasteiger partial charge in [-0.1, -0.05) is 84.0 Å². The monoisotopic (exact) mass is 382 g/mol. The molecule has 1 aliphatic rings. The van der Waals surface area contributed by atoms with Gasteiger partial charge in [-0.05, 0) is 32.6 Å². The molecule has 4 heteroatoms. The first-order valence-corrected chi connectivity index (χ1v) is 11.5. The molecule has 0 aromatic rings. The van der Waals surface area contributed by atoms with Crippen molar-refractivity contribution in [1.82, 2.24) is 0 Å². The molecule has 0 aliphatic heterocycles. The van der Waals surface area contributed by atoms with Crippen LogP contribution in [0.5, 0.6) is 0 Å². The van der Waals surface area contributed by atoms with E-state index in [4.69, 9.17) is 4.74 Å². The number of carboxylic acids is 1. The third-order valence-electron chi connectivity index (χ3n) is 5.92. The normalized spacial score (nSPS) is 21.0. The maximum Gasteiger partial charge on any atom is 0.310 e. The van der Waals surface area contributed by atoms with E-state index in [1.165, 1.54) is 64.2 Å². The van der Waals surface area contributed by atoms with Crippen LogP contribution in [-0.2, 0) is 14.3 Å². The summed E-state index contributed by atoms with van der Waals surface area (Å²) in [4.78, 5) is 23.7. The Morgan fingerprint density at radius 3 is 1.85 bits per heavy atom. The summed E-state index contributed by atoms with van der Waals surface area (Å²) in [5, 5.41) is 9.30. The number of aliphatic carboxylic acids is 1. The van der Waals surface area contributed by atoms with Gasteiger partial charge in [0.25, 0.3) is 0 Å². The summed E-state index contributed by atoms with van der Waals surface area (Å²) in [6.45, 7) is 4.19. The van der Waals surface area contributed by atoms with E-state index in [1.54, 1.807) is 0 Å². The zero-order valence-electron chi connectivity index (χ0n) is 17.7. The van der Waals surface area contributed by atoms with Gasteiger partial charge in [0.2, 0.25) is 0 Å². The van der Waals surface area contributed by atoms with Crippen LogP contribution in [-0.4, -0.2) is 23.1 Å². The lowest BCUT2D eigenvalue weighted by molar-refractivity contribution is -0.163. The number of carboxylic acid groups (broad SMARTS) is 1. The average Bonchev–Trinajstić information content (AvgIpc) is 2.66. The highest BCUT2D eigenvalue weighted by Gasteiger charge is 2.37. The van der Waals surface area contributed by atoms with Gasteiger partial charge in [-0.2, -0.15) is 0 Å². The van der Waals surface area contributed by atoms with Gasteiger partial charge >= 0.3 is 11.9 Å². The summed E-state index contributed by atoms with van der Waals surface area (Å²) in [5.41, 5.74) is 0. The maximum atomic E-state index is 12.3. The third kappa shape index (κ3) is 10.8. The van der Waals surface area contributed by atoms with Gasteiger partial charge in [-0.25, -0.2) is 0 Å². The van der Waals surface area contributed by atoms with Crippen LogP contribution in [0.2, 0.25) is 0 Å². The molecule has 0 amide bonds. The van der Waals surface area contributed by atoms with Crippen LogP contribution in [0.4, 0.5) is 0 Å². The Bertz CT molecular complexity index is 407. The highest BCUT2D eigenvalue weighted by molar-refractivity contribution is 5.81. The Kier molecular flexibility index (Phi) is 13.3. The highest BCUT2D eigenvalue weighted by atomic mass is 16.5. The maximum absolute atomic E-state index is 12.3. The Morgan fingerprint density at radius 2 is 1.33 bits per heavy atom. The molecular weight excluding hydrogens is 340 g/mol. The highest BCUT2D eigenvalue weighted by Crippen LogP contribution is 2.31. The van der Waals surface area contributed by atoms with Crippen molar-refractivity contribution in [3.8, 4) is 0 Å². The minimum atomic E-state index is -0.852. The molecule has 4 nitrogen and oxygen atoms in total. The van der Waals surface area contributed by atoms with Crippen LogP contribution in [0.3, 0.4) is 0 Å². The smallest absolute Gasteiger partial charge is 0.310 e. The van der Waals surface area contributed by atoms with E-state index in [-0.39, 0.29) is 12.1 Å². The first kappa shape index (κ1) is 24.0. The fraction of sp³-hybridized carbons (Fsp3) is 0.913. The summed E-state index contributed by atoms with van der Waals surface area (Å²) in [5.74, 6) is -2.15. The van der Waals surface area contributed by atoms with Crippen LogP contribution < -0.4 is 0 Å². The second kappa shape index (κ2) is 14.9. The second-order valence-electron chi connectivity index (χ2n) is 8.41. The number of unbranched alkanes of at least 4 members (excludes halogenated alkanes) is 10. The summed E-state index contributed by atoms with van der Waals surface area (Å²) < 4.78 is 5.56. The summed E-state index contributed by atoms with van der Waals surface area (Å²) in [6, 6.07) is 0. The van der Waals surface area contributed by atoms with E-state index >= 15 is 0 Å². The standard InChI is InChI=1S/C23H42O4/c1-3-4-5-6-7-8-9-10-11-12-13-16-19(2)27-23(26)21-18-15-14-17-20(21)22(24)25/h19-21H,3-18H2,1-2H3,(H,24,25). The van der Waals surface area contributed by atoms with E-state index in [0.29, 0.717) is 12.8 Å². The second-order valence-corrected chi connectivity index (χ2v) is 8.41. The van der Waals surface area contributed by atoms with Gasteiger partial charge < -0.3 is 9.84 Å². The summed E-state index contributed by atoms with van der Waals surface area (Å²) in [6.07, 6.45) is 18.3. The van der Waals surface area contributed by atoms with Gasteiger partial charge in [0.1, 0.15) is 0 Å². The lowest BCUT2D eigenvalue weighted by Crippen LogP contribution is -2.35. The molecule has 0 saturated heterocycles. The number of hydrogen-bond acceptors (Lipinski definition) is 3. The Balaban J connectivity index is 2.04. The number of esters is 1. The van der Waals surface area contributed by atoms with Crippen molar-refractivity contribution in [3.63, 3.8) is 0 Å².